The van der Waals surface area contributed by atoms with Gasteiger partial charge in [0.15, 0.2) is 0 Å². The smallest absolute Gasteiger partial charge is 0.306 e. The van der Waals surface area contributed by atoms with Gasteiger partial charge < -0.3 is 14.6 Å². The van der Waals surface area contributed by atoms with Crippen molar-refractivity contribution < 1.29 is 14.3 Å². The van der Waals surface area contributed by atoms with E-state index in [1.807, 2.05) is 24.3 Å². The zero-order valence-corrected chi connectivity index (χ0v) is 15.5. The van der Waals surface area contributed by atoms with Crippen LogP contribution in [0.15, 0.2) is 41.3 Å². The fourth-order valence-electron chi connectivity index (χ4n) is 3.19. The van der Waals surface area contributed by atoms with E-state index in [2.05, 4.69) is 15.3 Å². The molecule has 0 unspecified atom stereocenters. The molecule has 8 heteroatoms. The number of carbonyl (C=O) groups excluding carboxylic acids is 1. The van der Waals surface area contributed by atoms with Crippen LogP contribution in [0.2, 0.25) is 0 Å². The van der Waals surface area contributed by atoms with Crippen LogP contribution in [-0.4, -0.2) is 40.2 Å². The number of nitrogens with zero attached hydrogens (tertiary/aromatic N) is 2. The van der Waals surface area contributed by atoms with Crippen molar-refractivity contribution in [2.24, 2.45) is 7.05 Å². The van der Waals surface area contributed by atoms with Gasteiger partial charge >= 0.3 is 5.97 Å². The van der Waals surface area contributed by atoms with E-state index in [4.69, 9.17) is 9.47 Å². The number of esters is 1. The monoisotopic (exact) mass is 370 g/mol. The number of benzene rings is 1. The Morgan fingerprint density at radius 2 is 1.93 bits per heavy atom. The van der Waals surface area contributed by atoms with E-state index in [0.717, 1.165) is 22.7 Å². The van der Waals surface area contributed by atoms with Crippen LogP contribution in [0.5, 0.6) is 5.75 Å². The lowest BCUT2D eigenvalue weighted by atomic mass is 9.90. The predicted octanol–water partition coefficient (Wildman–Crippen LogP) is 1.73. The second kappa shape index (κ2) is 7.94. The average Bonchev–Trinajstić information content (AvgIpc) is 3.26. The van der Waals surface area contributed by atoms with Crippen LogP contribution in [-0.2, 0) is 23.0 Å². The van der Waals surface area contributed by atoms with E-state index in [1.54, 1.807) is 31.1 Å². The van der Waals surface area contributed by atoms with E-state index >= 15 is 0 Å². The molecule has 0 saturated heterocycles. The summed E-state index contributed by atoms with van der Waals surface area (Å²) in [6, 6.07) is 9.41. The molecule has 27 heavy (non-hydrogen) atoms. The minimum Gasteiger partial charge on any atom is -0.497 e. The molecule has 3 rings (SSSR count). The van der Waals surface area contributed by atoms with Crippen LogP contribution in [0.25, 0.3) is 0 Å². The molecule has 0 aliphatic carbocycles. The van der Waals surface area contributed by atoms with E-state index in [9.17, 15) is 9.59 Å². The first-order chi connectivity index (χ1) is 13.0. The Kier molecular flexibility index (Phi) is 5.44. The summed E-state index contributed by atoms with van der Waals surface area (Å²) < 4.78 is 11.7. The van der Waals surface area contributed by atoms with Crippen molar-refractivity contribution in [2.75, 3.05) is 14.2 Å². The minimum absolute atomic E-state index is 0.0482. The molecule has 0 spiro atoms. The van der Waals surface area contributed by atoms with Crippen molar-refractivity contribution in [2.45, 2.75) is 18.8 Å². The maximum absolute atomic E-state index is 12.6. The highest BCUT2D eigenvalue weighted by molar-refractivity contribution is 5.71. The fourth-order valence-corrected chi connectivity index (χ4v) is 3.19. The number of aromatic nitrogens is 4. The molecule has 0 aliphatic rings. The van der Waals surface area contributed by atoms with Gasteiger partial charge in [0.1, 0.15) is 5.75 Å². The summed E-state index contributed by atoms with van der Waals surface area (Å²) in [6.45, 7) is 0. The Morgan fingerprint density at radius 3 is 2.52 bits per heavy atom. The number of methoxy groups -OCH3 is 2. The van der Waals surface area contributed by atoms with Gasteiger partial charge in [-0.25, -0.2) is 0 Å². The van der Waals surface area contributed by atoms with Crippen LogP contribution < -0.4 is 10.3 Å². The van der Waals surface area contributed by atoms with Gasteiger partial charge in [0.05, 0.1) is 20.6 Å². The van der Waals surface area contributed by atoms with Crippen molar-refractivity contribution in [3.63, 3.8) is 0 Å². The van der Waals surface area contributed by atoms with Gasteiger partial charge in [-0.2, -0.15) is 5.10 Å². The van der Waals surface area contributed by atoms with Gasteiger partial charge in [-0.1, -0.05) is 12.1 Å². The molecule has 0 amide bonds. The minimum atomic E-state index is -0.465. The Labute approximate surface area is 156 Å². The third kappa shape index (κ3) is 3.94. The van der Waals surface area contributed by atoms with Crippen molar-refractivity contribution >= 4 is 5.97 Å². The molecular weight excluding hydrogens is 348 g/mol. The van der Waals surface area contributed by atoms with E-state index in [-0.39, 0.29) is 12.0 Å². The summed E-state index contributed by atoms with van der Waals surface area (Å²) in [4.78, 5) is 24.5. The van der Waals surface area contributed by atoms with Gasteiger partial charge in [-0.05, 0) is 23.8 Å². The highest BCUT2D eigenvalue weighted by atomic mass is 16.5. The number of hydrogen-bond acceptors (Lipinski definition) is 5. The molecule has 8 nitrogen and oxygen atoms in total. The first-order valence-electron chi connectivity index (χ1n) is 8.50. The largest absolute Gasteiger partial charge is 0.497 e. The number of hydrogen-bond donors (Lipinski definition) is 2. The Balaban J connectivity index is 1.99. The van der Waals surface area contributed by atoms with Crippen molar-refractivity contribution in [3.05, 3.63) is 69.4 Å². The lowest BCUT2D eigenvalue weighted by molar-refractivity contribution is -0.140. The van der Waals surface area contributed by atoms with Gasteiger partial charge in [0.2, 0.25) is 0 Å². The van der Waals surface area contributed by atoms with Crippen LogP contribution >= 0.6 is 0 Å². The lowest BCUT2D eigenvalue weighted by Crippen LogP contribution is -2.20. The molecule has 0 saturated carbocycles. The molecule has 1 atom stereocenters. The summed E-state index contributed by atoms with van der Waals surface area (Å²) >= 11 is 0. The second-order valence-corrected chi connectivity index (χ2v) is 6.21. The summed E-state index contributed by atoms with van der Waals surface area (Å²) in [7, 11) is 4.73. The third-order valence-electron chi connectivity index (χ3n) is 4.60. The number of nitrogens with one attached hydrogen (secondary N) is 2. The SMILES string of the molecule is COC(=O)C[C@@H](c1c(Cc2ccc(OC)cc2)[nH][nH]c1=O)c1ccnn1C. The van der Waals surface area contributed by atoms with E-state index in [1.165, 1.54) is 7.11 Å². The first-order valence-corrected chi connectivity index (χ1v) is 8.50. The van der Waals surface area contributed by atoms with E-state index in [0.29, 0.717) is 12.0 Å². The molecule has 3 aromatic rings. The molecular formula is C19H22N4O4. The highest BCUT2D eigenvalue weighted by Crippen LogP contribution is 2.29. The third-order valence-corrected chi connectivity index (χ3v) is 4.60. The Bertz CT molecular complexity index is 968. The summed E-state index contributed by atoms with van der Waals surface area (Å²) in [6.07, 6.45) is 2.20. The number of aryl methyl sites for hydroxylation is 1. The molecule has 0 aliphatic heterocycles. The van der Waals surface area contributed by atoms with Gasteiger partial charge in [0, 0.05) is 42.5 Å². The average molecular weight is 370 g/mol. The van der Waals surface area contributed by atoms with Gasteiger partial charge in [-0.3, -0.25) is 19.4 Å². The Morgan fingerprint density at radius 1 is 1.19 bits per heavy atom. The van der Waals surface area contributed by atoms with Crippen LogP contribution in [0.3, 0.4) is 0 Å². The summed E-state index contributed by atoms with van der Waals surface area (Å²) in [5.41, 5.74) is 2.75. The standard InChI is InChI=1S/C19H22N4O4/c1-23-16(8-9-20-23)14(11-17(24)27-3)18-15(21-22-19(18)25)10-12-4-6-13(26-2)7-5-12/h4-9,14H,10-11H2,1-3H3,(H2,21,22,25)/t14-/m1/s1. The zero-order valence-electron chi connectivity index (χ0n) is 15.5. The quantitative estimate of drug-likeness (QED) is 0.617. The van der Waals surface area contributed by atoms with Crippen molar-refractivity contribution in [1.82, 2.24) is 20.0 Å². The number of carbonyl (C=O) groups is 1. The topological polar surface area (TPSA) is 102 Å². The maximum atomic E-state index is 12.6. The fraction of sp³-hybridized carbons (Fsp3) is 0.316. The molecule has 2 aromatic heterocycles. The molecule has 0 fully saturated rings. The first kappa shape index (κ1) is 18.5. The van der Waals surface area contributed by atoms with Crippen LogP contribution in [0.1, 0.15) is 34.9 Å². The van der Waals surface area contributed by atoms with Gasteiger partial charge in [0.25, 0.3) is 5.56 Å². The molecule has 0 bridgehead atoms. The molecule has 2 N–H and O–H groups in total. The highest BCUT2D eigenvalue weighted by Gasteiger charge is 2.27. The molecule has 1 aromatic carbocycles. The lowest BCUT2D eigenvalue weighted by Gasteiger charge is -2.16. The normalized spacial score (nSPS) is 12.0. The summed E-state index contributed by atoms with van der Waals surface area (Å²) in [5, 5.41) is 9.77. The van der Waals surface area contributed by atoms with Crippen LogP contribution in [0.4, 0.5) is 0 Å². The molecule has 0 radical (unpaired) electrons. The predicted molar refractivity (Wildman–Crippen MR) is 98.9 cm³/mol. The number of ether oxygens (including phenoxy) is 2. The molecule has 2 heterocycles. The van der Waals surface area contributed by atoms with Gasteiger partial charge in [-0.15, -0.1) is 0 Å². The number of H-pyrrole nitrogens is 2. The second-order valence-electron chi connectivity index (χ2n) is 6.21. The van der Waals surface area contributed by atoms with Crippen LogP contribution in [0, 0.1) is 0 Å². The van der Waals surface area contributed by atoms with Crippen molar-refractivity contribution in [1.29, 1.82) is 0 Å². The summed E-state index contributed by atoms with van der Waals surface area (Å²) in [5.74, 6) is -0.0922. The zero-order chi connectivity index (χ0) is 19.4. The number of rotatable bonds is 7. The molecule has 142 valence electrons. The maximum Gasteiger partial charge on any atom is 0.306 e. The Hall–Kier alpha value is -3.29. The van der Waals surface area contributed by atoms with E-state index < -0.39 is 11.9 Å². The number of aromatic amines is 2. The van der Waals surface area contributed by atoms with Crippen molar-refractivity contribution in [3.8, 4) is 5.75 Å².